The summed E-state index contributed by atoms with van der Waals surface area (Å²) in [7, 11) is 1.73. The maximum atomic E-state index is 5.02. The van der Waals surface area contributed by atoms with Crippen molar-refractivity contribution in [2.45, 2.75) is 6.54 Å². The summed E-state index contributed by atoms with van der Waals surface area (Å²) in [5.74, 6) is 0. The Labute approximate surface area is 78.3 Å². The van der Waals surface area contributed by atoms with Crippen LogP contribution in [0.15, 0.2) is 24.3 Å². The number of hydrogen-bond acceptors (Lipinski definition) is 3. The molecular weight excluding hydrogens is 164 g/mol. The predicted octanol–water partition coefficient (Wildman–Crippen LogP) is 1.48. The zero-order valence-electron chi connectivity index (χ0n) is 7.79. The summed E-state index contributed by atoms with van der Waals surface area (Å²) < 4.78 is 5.02. The van der Waals surface area contributed by atoms with Crippen molar-refractivity contribution in [1.29, 1.82) is 0 Å². The van der Waals surface area contributed by atoms with Crippen LogP contribution < -0.4 is 5.43 Å². The Morgan fingerprint density at radius 3 is 3.08 bits per heavy atom. The largest absolute Gasteiger partial charge is 0.383 e. The number of rotatable bonds is 3. The molecule has 0 aliphatic carbocycles. The van der Waals surface area contributed by atoms with E-state index in [1.54, 1.807) is 7.11 Å². The summed E-state index contributed by atoms with van der Waals surface area (Å²) in [4.78, 5) is 0. The van der Waals surface area contributed by atoms with E-state index in [4.69, 9.17) is 4.74 Å². The Morgan fingerprint density at radius 2 is 2.31 bits per heavy atom. The Bertz CT molecular complexity index is 263. The van der Waals surface area contributed by atoms with Crippen LogP contribution in [-0.4, -0.2) is 25.3 Å². The normalized spacial score (nSPS) is 15.5. The van der Waals surface area contributed by atoms with Gasteiger partial charge >= 0.3 is 0 Å². The molecule has 1 N–H and O–H groups in total. The molecule has 1 aromatic carbocycles. The minimum absolute atomic E-state index is 0.765. The minimum atomic E-state index is 0.765. The monoisotopic (exact) mass is 178 g/mol. The van der Waals surface area contributed by atoms with Crippen LogP contribution in [0.25, 0.3) is 0 Å². The summed E-state index contributed by atoms with van der Waals surface area (Å²) in [6.45, 7) is 2.66. The minimum Gasteiger partial charge on any atom is -0.383 e. The Morgan fingerprint density at radius 1 is 1.46 bits per heavy atom. The van der Waals surface area contributed by atoms with Gasteiger partial charge in [0.15, 0.2) is 0 Å². The van der Waals surface area contributed by atoms with Crippen LogP contribution in [0, 0.1) is 0 Å². The van der Waals surface area contributed by atoms with Gasteiger partial charge in [-0.2, -0.15) is 0 Å². The molecule has 0 radical (unpaired) electrons. The van der Waals surface area contributed by atoms with Crippen LogP contribution in [0.4, 0.5) is 5.69 Å². The van der Waals surface area contributed by atoms with Crippen molar-refractivity contribution in [2.24, 2.45) is 0 Å². The number of hydrazine groups is 1. The van der Waals surface area contributed by atoms with Crippen molar-refractivity contribution in [2.75, 3.05) is 25.7 Å². The number of fused-ring (bicyclic) bond motifs is 1. The van der Waals surface area contributed by atoms with Gasteiger partial charge in [-0.25, -0.2) is 5.01 Å². The molecule has 0 spiro atoms. The molecular formula is C10H14N2O. The van der Waals surface area contributed by atoms with Gasteiger partial charge in [-0.1, -0.05) is 18.2 Å². The van der Waals surface area contributed by atoms with Gasteiger partial charge in [0.05, 0.1) is 12.3 Å². The molecule has 0 saturated heterocycles. The quantitative estimate of drug-likeness (QED) is 0.758. The molecule has 1 aliphatic heterocycles. The summed E-state index contributed by atoms with van der Waals surface area (Å²) in [5.41, 5.74) is 5.90. The van der Waals surface area contributed by atoms with Crippen molar-refractivity contribution in [3.05, 3.63) is 29.8 Å². The number of ether oxygens (including phenoxy) is 1. The first-order valence-corrected chi connectivity index (χ1v) is 4.48. The van der Waals surface area contributed by atoms with Crippen molar-refractivity contribution >= 4 is 5.69 Å². The van der Waals surface area contributed by atoms with E-state index in [9.17, 15) is 0 Å². The van der Waals surface area contributed by atoms with Crippen LogP contribution in [-0.2, 0) is 11.3 Å². The van der Waals surface area contributed by atoms with Gasteiger partial charge in [0.2, 0.25) is 0 Å². The molecule has 0 aromatic heterocycles. The lowest BCUT2D eigenvalue weighted by Crippen LogP contribution is -2.27. The second kappa shape index (κ2) is 3.77. The summed E-state index contributed by atoms with van der Waals surface area (Å²) in [5, 5.41) is 2.16. The molecule has 70 valence electrons. The Balaban J connectivity index is 1.97. The van der Waals surface area contributed by atoms with Crippen LogP contribution in [0.2, 0.25) is 0 Å². The van der Waals surface area contributed by atoms with E-state index in [-0.39, 0.29) is 0 Å². The van der Waals surface area contributed by atoms with Gasteiger partial charge in [-0.3, -0.25) is 0 Å². The number of nitrogens with one attached hydrogen (secondary N) is 1. The number of para-hydroxylation sites is 1. The Hall–Kier alpha value is -1.06. The molecule has 1 aliphatic rings. The number of nitrogens with zero attached hydrogens (tertiary/aromatic N) is 1. The molecule has 13 heavy (non-hydrogen) atoms. The third-order valence-electron chi connectivity index (χ3n) is 2.22. The molecule has 2 rings (SSSR count). The lowest BCUT2D eigenvalue weighted by atomic mass is 10.2. The topological polar surface area (TPSA) is 24.5 Å². The first-order chi connectivity index (χ1) is 6.40. The fraction of sp³-hybridized carbons (Fsp3) is 0.400. The van der Waals surface area contributed by atoms with Crippen molar-refractivity contribution in [3.63, 3.8) is 0 Å². The average molecular weight is 178 g/mol. The SMILES string of the molecule is COCCN1Cc2ccccc2N1. The van der Waals surface area contributed by atoms with Crippen molar-refractivity contribution < 1.29 is 4.74 Å². The fourth-order valence-electron chi connectivity index (χ4n) is 1.52. The smallest absolute Gasteiger partial charge is 0.0608 e. The summed E-state index contributed by atoms with van der Waals surface area (Å²) >= 11 is 0. The maximum absolute atomic E-state index is 5.02. The van der Waals surface area contributed by atoms with Crippen LogP contribution in [0.1, 0.15) is 5.56 Å². The van der Waals surface area contributed by atoms with Crippen molar-refractivity contribution in [1.82, 2.24) is 5.01 Å². The fourth-order valence-corrected chi connectivity index (χ4v) is 1.52. The molecule has 1 aromatic rings. The molecule has 0 atom stereocenters. The van der Waals surface area contributed by atoms with Crippen LogP contribution in [0.5, 0.6) is 0 Å². The molecule has 3 heteroatoms. The highest BCUT2D eigenvalue weighted by atomic mass is 16.5. The second-order valence-electron chi connectivity index (χ2n) is 3.18. The Kier molecular flexibility index (Phi) is 2.47. The molecule has 0 fully saturated rings. The van der Waals surface area contributed by atoms with Gasteiger partial charge in [0.1, 0.15) is 0 Å². The second-order valence-corrected chi connectivity index (χ2v) is 3.18. The molecule has 0 saturated carbocycles. The zero-order valence-corrected chi connectivity index (χ0v) is 7.79. The zero-order chi connectivity index (χ0) is 9.10. The molecule has 1 heterocycles. The lowest BCUT2D eigenvalue weighted by molar-refractivity contribution is 0.161. The third-order valence-corrected chi connectivity index (χ3v) is 2.22. The lowest BCUT2D eigenvalue weighted by Gasteiger charge is -2.14. The number of benzene rings is 1. The highest BCUT2D eigenvalue weighted by Gasteiger charge is 2.16. The summed E-state index contributed by atoms with van der Waals surface area (Å²) in [6.07, 6.45) is 0. The van der Waals surface area contributed by atoms with Crippen molar-refractivity contribution in [3.8, 4) is 0 Å². The van der Waals surface area contributed by atoms with Gasteiger partial charge < -0.3 is 10.2 Å². The predicted molar refractivity (Wildman–Crippen MR) is 52.4 cm³/mol. The molecule has 0 bridgehead atoms. The van der Waals surface area contributed by atoms with E-state index >= 15 is 0 Å². The highest BCUT2D eigenvalue weighted by molar-refractivity contribution is 5.53. The number of hydrogen-bond donors (Lipinski definition) is 1. The van der Waals surface area contributed by atoms with Gasteiger partial charge in [0, 0.05) is 20.2 Å². The molecule has 0 unspecified atom stereocenters. The van der Waals surface area contributed by atoms with E-state index < -0.39 is 0 Å². The van der Waals surface area contributed by atoms with Crippen LogP contribution in [0.3, 0.4) is 0 Å². The number of methoxy groups -OCH3 is 1. The van der Waals surface area contributed by atoms with Gasteiger partial charge in [0.25, 0.3) is 0 Å². The summed E-state index contributed by atoms with van der Waals surface area (Å²) in [6, 6.07) is 8.36. The highest BCUT2D eigenvalue weighted by Crippen LogP contribution is 2.23. The molecule has 0 amide bonds. The first kappa shape index (κ1) is 8.53. The van der Waals surface area contributed by atoms with E-state index in [0.717, 1.165) is 19.7 Å². The van der Waals surface area contributed by atoms with Gasteiger partial charge in [-0.05, 0) is 11.6 Å². The van der Waals surface area contributed by atoms with E-state index in [2.05, 4.69) is 28.6 Å². The average Bonchev–Trinajstić information content (AvgIpc) is 2.57. The maximum Gasteiger partial charge on any atom is 0.0608 e. The standard InChI is InChI=1S/C10H14N2O/c1-13-7-6-12-8-9-4-2-3-5-10(9)11-12/h2-5,11H,6-8H2,1H3. The first-order valence-electron chi connectivity index (χ1n) is 4.48. The van der Waals surface area contributed by atoms with Gasteiger partial charge in [-0.15, -0.1) is 0 Å². The third kappa shape index (κ3) is 1.82. The van der Waals surface area contributed by atoms with E-state index in [1.165, 1.54) is 11.3 Å². The van der Waals surface area contributed by atoms with E-state index in [0.29, 0.717) is 0 Å². The van der Waals surface area contributed by atoms with E-state index in [1.807, 2.05) is 6.07 Å². The van der Waals surface area contributed by atoms with Crippen LogP contribution >= 0.6 is 0 Å². The molecule has 3 nitrogen and oxygen atoms in total. The number of anilines is 1.